The number of carbonyl (C=O) groups excluding carboxylic acids is 1. The van der Waals surface area contributed by atoms with Crippen molar-refractivity contribution >= 4 is 5.91 Å². The smallest absolute Gasteiger partial charge is 0.221 e. The first-order valence-electron chi connectivity index (χ1n) is 6.15. The van der Waals surface area contributed by atoms with E-state index in [-0.39, 0.29) is 11.7 Å². The number of amides is 1. The monoisotopic (exact) mass is 251 g/mol. The van der Waals surface area contributed by atoms with Gasteiger partial charge in [0.2, 0.25) is 5.91 Å². The van der Waals surface area contributed by atoms with Gasteiger partial charge in [0.05, 0.1) is 0 Å². The molecule has 1 heterocycles. The highest BCUT2D eigenvalue weighted by Crippen LogP contribution is 2.14. The quantitative estimate of drug-likeness (QED) is 0.827. The molecule has 1 saturated heterocycles. The van der Waals surface area contributed by atoms with Crippen molar-refractivity contribution in [3.05, 3.63) is 35.1 Å². The van der Waals surface area contributed by atoms with Crippen molar-refractivity contribution in [1.82, 2.24) is 10.2 Å². The Balaban J connectivity index is 2.08. The lowest BCUT2D eigenvalue weighted by Gasteiger charge is -2.20. The van der Waals surface area contributed by atoms with E-state index < -0.39 is 0 Å². The molecule has 0 bridgehead atoms. The van der Waals surface area contributed by atoms with Gasteiger partial charge in [-0.2, -0.15) is 0 Å². The largest absolute Gasteiger partial charge is 0.355 e. The van der Waals surface area contributed by atoms with Gasteiger partial charge < -0.3 is 11.1 Å². The number of carbonyl (C=O) groups is 1. The number of hydrogen-bond acceptors (Lipinski definition) is 3. The lowest BCUT2D eigenvalue weighted by atomic mass is 10.1. The third kappa shape index (κ3) is 3.27. The second-order valence-electron chi connectivity index (χ2n) is 4.49. The van der Waals surface area contributed by atoms with Crippen LogP contribution < -0.4 is 11.1 Å². The predicted octanol–water partition coefficient (Wildman–Crippen LogP) is 0.606. The van der Waals surface area contributed by atoms with Gasteiger partial charge in [0.15, 0.2) is 0 Å². The Morgan fingerprint density at radius 2 is 2.17 bits per heavy atom. The fourth-order valence-corrected chi connectivity index (χ4v) is 2.15. The summed E-state index contributed by atoms with van der Waals surface area (Å²) in [7, 11) is 0. The van der Waals surface area contributed by atoms with Crippen molar-refractivity contribution in [3.63, 3.8) is 0 Å². The zero-order valence-corrected chi connectivity index (χ0v) is 10.3. The molecule has 1 aliphatic heterocycles. The first-order valence-corrected chi connectivity index (χ1v) is 6.15. The average molecular weight is 251 g/mol. The molecule has 1 aromatic carbocycles. The maximum Gasteiger partial charge on any atom is 0.221 e. The summed E-state index contributed by atoms with van der Waals surface area (Å²) < 4.78 is 13.3. The summed E-state index contributed by atoms with van der Waals surface area (Å²) in [6, 6.07) is 4.69. The Hall–Kier alpha value is -1.46. The van der Waals surface area contributed by atoms with Gasteiger partial charge in [-0.25, -0.2) is 4.39 Å². The normalized spacial score (nSPS) is 17.3. The minimum absolute atomic E-state index is 0.0794. The molecular weight excluding hydrogens is 233 g/mol. The summed E-state index contributed by atoms with van der Waals surface area (Å²) in [5.41, 5.74) is 7.52. The van der Waals surface area contributed by atoms with Crippen molar-refractivity contribution in [3.8, 4) is 0 Å². The molecule has 1 aromatic rings. The van der Waals surface area contributed by atoms with Crippen molar-refractivity contribution < 1.29 is 9.18 Å². The lowest BCUT2D eigenvalue weighted by molar-refractivity contribution is -0.120. The predicted molar refractivity (Wildman–Crippen MR) is 67.2 cm³/mol. The molecule has 0 spiro atoms. The molecule has 0 aliphatic carbocycles. The van der Waals surface area contributed by atoms with Crippen LogP contribution in [0.4, 0.5) is 4.39 Å². The molecule has 2 rings (SSSR count). The highest BCUT2D eigenvalue weighted by atomic mass is 19.1. The number of nitrogens with one attached hydrogen (secondary N) is 1. The van der Waals surface area contributed by atoms with Crippen molar-refractivity contribution in [2.45, 2.75) is 19.5 Å². The summed E-state index contributed by atoms with van der Waals surface area (Å²) >= 11 is 0. The second kappa shape index (κ2) is 5.93. The van der Waals surface area contributed by atoms with E-state index in [4.69, 9.17) is 5.73 Å². The summed E-state index contributed by atoms with van der Waals surface area (Å²) in [6.07, 6.45) is 0.493. The molecule has 3 N–H and O–H groups in total. The van der Waals surface area contributed by atoms with Crippen LogP contribution in [-0.4, -0.2) is 30.4 Å². The SMILES string of the molecule is NCc1ccc(F)cc1CN1CCNC(=O)CC1. The molecular formula is C13H18FN3O. The zero-order chi connectivity index (χ0) is 13.0. The number of halogens is 1. The number of nitrogens with two attached hydrogens (primary N) is 1. The minimum atomic E-state index is -0.244. The third-order valence-electron chi connectivity index (χ3n) is 3.19. The van der Waals surface area contributed by atoms with Crippen LogP contribution in [0.5, 0.6) is 0 Å². The van der Waals surface area contributed by atoms with E-state index in [0.29, 0.717) is 32.6 Å². The van der Waals surface area contributed by atoms with E-state index in [2.05, 4.69) is 10.2 Å². The van der Waals surface area contributed by atoms with Gasteiger partial charge >= 0.3 is 0 Å². The van der Waals surface area contributed by atoms with Crippen LogP contribution in [0.25, 0.3) is 0 Å². The minimum Gasteiger partial charge on any atom is -0.355 e. The molecule has 98 valence electrons. The number of hydrogen-bond donors (Lipinski definition) is 2. The molecule has 0 radical (unpaired) electrons. The number of nitrogens with zero attached hydrogens (tertiary/aromatic N) is 1. The zero-order valence-electron chi connectivity index (χ0n) is 10.3. The Morgan fingerprint density at radius 3 is 2.94 bits per heavy atom. The van der Waals surface area contributed by atoms with Crippen LogP contribution in [0, 0.1) is 5.82 Å². The van der Waals surface area contributed by atoms with E-state index in [1.807, 2.05) is 0 Å². The Morgan fingerprint density at radius 1 is 1.33 bits per heavy atom. The van der Waals surface area contributed by atoms with E-state index in [1.165, 1.54) is 12.1 Å². The van der Waals surface area contributed by atoms with Gasteiger partial charge in [-0.3, -0.25) is 9.69 Å². The van der Waals surface area contributed by atoms with Crippen LogP contribution >= 0.6 is 0 Å². The molecule has 4 nitrogen and oxygen atoms in total. The van der Waals surface area contributed by atoms with Crippen molar-refractivity contribution in [1.29, 1.82) is 0 Å². The first kappa shape index (κ1) is 13.0. The van der Waals surface area contributed by atoms with Crippen LogP contribution in [0.3, 0.4) is 0 Å². The number of benzene rings is 1. The summed E-state index contributed by atoms with van der Waals surface area (Å²) in [6.45, 7) is 3.17. The Kier molecular flexibility index (Phi) is 4.28. The van der Waals surface area contributed by atoms with Crippen LogP contribution in [0.2, 0.25) is 0 Å². The molecule has 5 heteroatoms. The molecule has 1 amide bonds. The van der Waals surface area contributed by atoms with Gasteiger partial charge in [0.1, 0.15) is 5.82 Å². The summed E-state index contributed by atoms with van der Waals surface area (Å²) in [5.74, 6) is -0.165. The molecule has 18 heavy (non-hydrogen) atoms. The van der Waals surface area contributed by atoms with Crippen molar-refractivity contribution in [2.24, 2.45) is 5.73 Å². The molecule has 0 unspecified atom stereocenters. The average Bonchev–Trinajstić information content (AvgIpc) is 2.55. The summed E-state index contributed by atoms with van der Waals surface area (Å²) in [4.78, 5) is 13.4. The molecule has 0 aromatic heterocycles. The molecule has 0 saturated carbocycles. The Labute approximate surface area is 106 Å². The Bertz CT molecular complexity index is 436. The van der Waals surface area contributed by atoms with Gasteiger partial charge in [-0.1, -0.05) is 6.07 Å². The van der Waals surface area contributed by atoms with E-state index in [9.17, 15) is 9.18 Å². The van der Waals surface area contributed by atoms with Gasteiger partial charge in [-0.15, -0.1) is 0 Å². The topological polar surface area (TPSA) is 58.4 Å². The van der Waals surface area contributed by atoms with Gasteiger partial charge in [0, 0.05) is 39.1 Å². The van der Waals surface area contributed by atoms with Crippen LogP contribution in [0.15, 0.2) is 18.2 Å². The van der Waals surface area contributed by atoms with Crippen LogP contribution in [-0.2, 0) is 17.9 Å². The van der Waals surface area contributed by atoms with E-state index >= 15 is 0 Å². The second-order valence-corrected chi connectivity index (χ2v) is 4.49. The lowest BCUT2D eigenvalue weighted by Crippen LogP contribution is -2.28. The van der Waals surface area contributed by atoms with Gasteiger partial charge in [0.25, 0.3) is 0 Å². The highest BCUT2D eigenvalue weighted by Gasteiger charge is 2.14. The number of rotatable bonds is 3. The fourth-order valence-electron chi connectivity index (χ4n) is 2.15. The maximum absolute atomic E-state index is 13.3. The molecule has 1 fully saturated rings. The summed E-state index contributed by atoms with van der Waals surface area (Å²) in [5, 5.41) is 2.82. The standard InChI is InChI=1S/C13H18FN3O/c14-12-2-1-10(8-15)11(7-12)9-17-5-3-13(18)16-4-6-17/h1-2,7H,3-6,8-9,15H2,(H,16,18). The van der Waals surface area contributed by atoms with E-state index in [1.54, 1.807) is 6.07 Å². The van der Waals surface area contributed by atoms with Gasteiger partial charge in [-0.05, 0) is 23.3 Å². The molecule has 1 aliphatic rings. The maximum atomic E-state index is 13.3. The first-order chi connectivity index (χ1) is 8.69. The fraction of sp³-hybridized carbons (Fsp3) is 0.462. The van der Waals surface area contributed by atoms with E-state index in [0.717, 1.165) is 17.7 Å². The van der Waals surface area contributed by atoms with Crippen molar-refractivity contribution in [2.75, 3.05) is 19.6 Å². The third-order valence-corrected chi connectivity index (χ3v) is 3.19. The highest BCUT2D eigenvalue weighted by molar-refractivity contribution is 5.76. The van der Waals surface area contributed by atoms with Crippen LogP contribution in [0.1, 0.15) is 17.5 Å². The molecule has 0 atom stereocenters.